The van der Waals surface area contributed by atoms with Crippen LogP contribution in [0.2, 0.25) is 0 Å². The minimum absolute atomic E-state index is 0.0910. The number of anilines is 2. The third-order valence-electron chi connectivity index (χ3n) is 3.80. The molecule has 0 saturated heterocycles. The molecule has 0 aromatic heterocycles. The SMILES string of the molecule is CC(C)(C)OC(=O)N[C@@H](Cc1ccccc1)C(=O)Nc1cc([N+](=O)[O-])ccc1N. The highest BCUT2D eigenvalue weighted by Gasteiger charge is 2.25. The standard InChI is InChI=1S/C20H24N4O5/c1-20(2,3)29-19(26)23-17(11-13-7-5-4-6-8-13)18(25)22-16-12-14(24(27)28)9-10-15(16)21/h4-10,12,17H,11,21H2,1-3H3,(H,22,25)(H,23,26)/t17-/m0/s1. The Morgan fingerprint density at radius 1 is 1.17 bits per heavy atom. The minimum atomic E-state index is -0.981. The third kappa shape index (κ3) is 6.80. The van der Waals surface area contributed by atoms with E-state index in [9.17, 15) is 19.7 Å². The Hall–Kier alpha value is -3.62. The molecule has 0 heterocycles. The molecule has 0 radical (unpaired) electrons. The summed E-state index contributed by atoms with van der Waals surface area (Å²) >= 11 is 0. The first-order valence-corrected chi connectivity index (χ1v) is 8.93. The van der Waals surface area contributed by atoms with Crippen LogP contribution in [-0.2, 0) is 16.0 Å². The normalized spacial score (nSPS) is 12.0. The van der Waals surface area contributed by atoms with Gasteiger partial charge < -0.3 is 21.1 Å². The van der Waals surface area contributed by atoms with E-state index >= 15 is 0 Å². The van der Waals surface area contributed by atoms with E-state index in [1.807, 2.05) is 30.3 Å². The van der Waals surface area contributed by atoms with Crippen molar-refractivity contribution in [2.45, 2.75) is 38.8 Å². The fourth-order valence-electron chi connectivity index (χ4n) is 2.49. The highest BCUT2D eigenvalue weighted by molar-refractivity contribution is 5.99. The molecular formula is C20H24N4O5. The van der Waals surface area contributed by atoms with Crippen molar-refractivity contribution < 1.29 is 19.2 Å². The number of nitro benzene ring substituents is 1. The lowest BCUT2D eigenvalue weighted by molar-refractivity contribution is -0.384. The summed E-state index contributed by atoms with van der Waals surface area (Å²) in [7, 11) is 0. The largest absolute Gasteiger partial charge is 0.444 e. The summed E-state index contributed by atoms with van der Waals surface area (Å²) in [5.74, 6) is -0.577. The van der Waals surface area contributed by atoms with E-state index in [1.165, 1.54) is 18.2 Å². The average molecular weight is 400 g/mol. The van der Waals surface area contributed by atoms with E-state index in [0.717, 1.165) is 5.56 Å². The minimum Gasteiger partial charge on any atom is -0.444 e. The number of nitrogen functional groups attached to an aromatic ring is 1. The summed E-state index contributed by atoms with van der Waals surface area (Å²) in [4.78, 5) is 35.4. The third-order valence-corrected chi connectivity index (χ3v) is 3.80. The Labute approximate surface area is 168 Å². The molecule has 2 aromatic carbocycles. The first-order chi connectivity index (χ1) is 13.5. The zero-order chi connectivity index (χ0) is 21.6. The Bertz CT molecular complexity index is 893. The number of nitrogens with two attached hydrogens (primary N) is 1. The lowest BCUT2D eigenvalue weighted by Crippen LogP contribution is -2.47. The van der Waals surface area contributed by atoms with Crippen LogP contribution in [0.3, 0.4) is 0 Å². The summed E-state index contributed by atoms with van der Waals surface area (Å²) in [5, 5.41) is 16.1. The zero-order valence-corrected chi connectivity index (χ0v) is 16.5. The van der Waals surface area contributed by atoms with Gasteiger partial charge in [0.15, 0.2) is 0 Å². The van der Waals surface area contributed by atoms with Gasteiger partial charge in [-0.05, 0) is 32.4 Å². The molecule has 0 aliphatic rings. The van der Waals surface area contributed by atoms with Gasteiger partial charge in [-0.1, -0.05) is 30.3 Å². The molecule has 2 amide bonds. The van der Waals surface area contributed by atoms with E-state index in [4.69, 9.17) is 10.5 Å². The smallest absolute Gasteiger partial charge is 0.408 e. The number of hydrogen-bond acceptors (Lipinski definition) is 6. The molecule has 0 spiro atoms. The van der Waals surface area contributed by atoms with Crippen LogP contribution in [-0.4, -0.2) is 28.6 Å². The monoisotopic (exact) mass is 400 g/mol. The Morgan fingerprint density at radius 2 is 1.83 bits per heavy atom. The van der Waals surface area contributed by atoms with Crippen LogP contribution < -0.4 is 16.4 Å². The van der Waals surface area contributed by atoms with Crippen molar-refractivity contribution in [1.29, 1.82) is 0 Å². The number of nitrogens with one attached hydrogen (secondary N) is 2. The van der Waals surface area contributed by atoms with Gasteiger partial charge in [0.1, 0.15) is 11.6 Å². The molecule has 0 fully saturated rings. The van der Waals surface area contributed by atoms with E-state index in [2.05, 4.69) is 10.6 Å². The molecule has 0 saturated carbocycles. The topological polar surface area (TPSA) is 137 Å². The summed E-state index contributed by atoms with van der Waals surface area (Å²) in [6.45, 7) is 5.13. The molecule has 29 heavy (non-hydrogen) atoms. The second-order valence-electron chi connectivity index (χ2n) is 7.41. The maximum atomic E-state index is 12.8. The molecule has 1 atom stereocenters. The molecular weight excluding hydrogens is 376 g/mol. The number of rotatable bonds is 6. The Kier molecular flexibility index (Phi) is 6.76. The predicted molar refractivity (Wildman–Crippen MR) is 109 cm³/mol. The molecule has 9 nitrogen and oxygen atoms in total. The lowest BCUT2D eigenvalue weighted by Gasteiger charge is -2.23. The van der Waals surface area contributed by atoms with Gasteiger partial charge in [-0.3, -0.25) is 14.9 Å². The van der Waals surface area contributed by atoms with Gasteiger partial charge in [0.2, 0.25) is 5.91 Å². The van der Waals surface area contributed by atoms with Crippen LogP contribution >= 0.6 is 0 Å². The number of nitro groups is 1. The lowest BCUT2D eigenvalue weighted by atomic mass is 10.1. The molecule has 0 unspecified atom stereocenters. The van der Waals surface area contributed by atoms with Crippen molar-refractivity contribution in [3.8, 4) is 0 Å². The molecule has 2 aromatic rings. The van der Waals surface area contributed by atoms with Gasteiger partial charge in [0.25, 0.3) is 5.69 Å². The molecule has 0 aliphatic heterocycles. The van der Waals surface area contributed by atoms with Gasteiger partial charge >= 0.3 is 6.09 Å². The van der Waals surface area contributed by atoms with Gasteiger partial charge in [-0.15, -0.1) is 0 Å². The quantitative estimate of drug-likeness (QED) is 0.387. The van der Waals surface area contributed by atoms with Crippen molar-refractivity contribution >= 4 is 29.1 Å². The molecule has 0 aliphatic carbocycles. The highest BCUT2D eigenvalue weighted by Crippen LogP contribution is 2.24. The number of alkyl carbamates (subject to hydrolysis) is 1. The number of benzene rings is 2. The maximum Gasteiger partial charge on any atom is 0.408 e. The fourth-order valence-corrected chi connectivity index (χ4v) is 2.49. The number of ether oxygens (including phenoxy) is 1. The van der Waals surface area contributed by atoms with Gasteiger partial charge in [-0.25, -0.2) is 4.79 Å². The van der Waals surface area contributed by atoms with E-state index in [-0.39, 0.29) is 23.5 Å². The first-order valence-electron chi connectivity index (χ1n) is 8.93. The maximum absolute atomic E-state index is 12.8. The number of hydrogen-bond donors (Lipinski definition) is 3. The van der Waals surface area contributed by atoms with Crippen molar-refractivity contribution in [2.24, 2.45) is 0 Å². The second-order valence-corrected chi connectivity index (χ2v) is 7.41. The summed E-state index contributed by atoms with van der Waals surface area (Å²) < 4.78 is 5.24. The molecule has 0 bridgehead atoms. The number of carbonyl (C=O) groups is 2. The van der Waals surface area contributed by atoms with E-state index in [1.54, 1.807) is 20.8 Å². The summed E-state index contributed by atoms with van der Waals surface area (Å²) in [5.41, 5.74) is 5.95. The number of nitrogens with zero attached hydrogens (tertiary/aromatic N) is 1. The molecule has 154 valence electrons. The van der Waals surface area contributed by atoms with Crippen LogP contribution in [0.1, 0.15) is 26.3 Å². The van der Waals surface area contributed by atoms with Crippen molar-refractivity contribution in [2.75, 3.05) is 11.1 Å². The predicted octanol–water partition coefficient (Wildman–Crippen LogP) is 3.25. The molecule has 2 rings (SSSR count). The van der Waals surface area contributed by atoms with Crippen LogP contribution in [0.15, 0.2) is 48.5 Å². The van der Waals surface area contributed by atoms with Crippen LogP contribution in [0.25, 0.3) is 0 Å². The molecule has 4 N–H and O–H groups in total. The fraction of sp³-hybridized carbons (Fsp3) is 0.300. The van der Waals surface area contributed by atoms with Gasteiger partial charge in [0, 0.05) is 18.6 Å². The van der Waals surface area contributed by atoms with Gasteiger partial charge in [-0.2, -0.15) is 0 Å². The van der Waals surface area contributed by atoms with Gasteiger partial charge in [0.05, 0.1) is 16.3 Å². The molecule has 9 heteroatoms. The summed E-state index contributed by atoms with van der Waals surface area (Å²) in [6.07, 6.45) is -0.554. The first kappa shape index (κ1) is 21.7. The second kappa shape index (κ2) is 9.05. The number of non-ortho nitro benzene ring substituents is 1. The van der Waals surface area contributed by atoms with Crippen LogP contribution in [0.4, 0.5) is 21.9 Å². The average Bonchev–Trinajstić information content (AvgIpc) is 2.62. The Balaban J connectivity index is 2.23. The van der Waals surface area contributed by atoms with Crippen LogP contribution in [0.5, 0.6) is 0 Å². The van der Waals surface area contributed by atoms with E-state index < -0.39 is 28.6 Å². The van der Waals surface area contributed by atoms with Crippen molar-refractivity contribution in [1.82, 2.24) is 5.32 Å². The number of amides is 2. The van der Waals surface area contributed by atoms with Crippen molar-refractivity contribution in [3.63, 3.8) is 0 Å². The van der Waals surface area contributed by atoms with Crippen molar-refractivity contribution in [3.05, 3.63) is 64.2 Å². The highest BCUT2D eigenvalue weighted by atomic mass is 16.6. The number of carbonyl (C=O) groups excluding carboxylic acids is 2. The summed E-state index contributed by atoms with van der Waals surface area (Å²) in [6, 6.07) is 11.9. The Morgan fingerprint density at radius 3 is 2.41 bits per heavy atom. The van der Waals surface area contributed by atoms with Crippen LogP contribution in [0, 0.1) is 10.1 Å². The van der Waals surface area contributed by atoms with E-state index in [0.29, 0.717) is 0 Å². The zero-order valence-electron chi connectivity index (χ0n) is 16.5.